The molecule has 2 aliphatic rings. The summed E-state index contributed by atoms with van der Waals surface area (Å²) in [5, 5.41) is 2.86. The highest BCUT2D eigenvalue weighted by Crippen LogP contribution is 2.29. The molecule has 3 N–H and O–H groups in total. The minimum atomic E-state index is -1.93. The molecule has 112 valence electrons. The summed E-state index contributed by atoms with van der Waals surface area (Å²) < 4.78 is 14.7. The zero-order valence-corrected chi connectivity index (χ0v) is 11.6. The van der Waals surface area contributed by atoms with E-state index in [1.165, 1.54) is 4.90 Å². The third-order valence-electron chi connectivity index (χ3n) is 4.32. The number of nitrogens with one attached hydrogen (secondary N) is 1. The molecule has 21 heavy (non-hydrogen) atoms. The number of rotatable bonds is 2. The Morgan fingerprint density at radius 3 is 2.67 bits per heavy atom. The van der Waals surface area contributed by atoms with Gasteiger partial charge in [0, 0.05) is 25.9 Å². The number of nitrogens with zero attached hydrogens (tertiary/aromatic N) is 1. The van der Waals surface area contributed by atoms with Crippen LogP contribution in [0.15, 0.2) is 24.3 Å². The maximum absolute atomic E-state index is 14.7. The van der Waals surface area contributed by atoms with Crippen LogP contribution in [0, 0.1) is 0 Å². The maximum atomic E-state index is 14.7. The molecule has 1 aromatic rings. The van der Waals surface area contributed by atoms with Crippen LogP contribution in [-0.4, -0.2) is 41.5 Å². The van der Waals surface area contributed by atoms with Gasteiger partial charge >= 0.3 is 0 Å². The Balaban J connectivity index is 1.92. The monoisotopic (exact) mass is 291 g/mol. The average Bonchev–Trinajstić information content (AvgIpc) is 2.93. The Morgan fingerprint density at radius 2 is 2.05 bits per heavy atom. The first kappa shape index (κ1) is 14.0. The molecule has 2 aliphatic heterocycles. The van der Waals surface area contributed by atoms with Crippen LogP contribution in [0.2, 0.25) is 0 Å². The molecule has 6 heteroatoms. The first-order chi connectivity index (χ1) is 10.0. The fourth-order valence-corrected chi connectivity index (χ4v) is 3.09. The summed E-state index contributed by atoms with van der Waals surface area (Å²) in [4.78, 5) is 25.5. The van der Waals surface area contributed by atoms with Gasteiger partial charge in [0.15, 0.2) is 0 Å². The number of amides is 2. The lowest BCUT2D eigenvalue weighted by molar-refractivity contribution is -0.150. The molecular formula is C15H18FN3O2. The number of carbonyl (C=O) groups excluding carboxylic acids is 2. The van der Waals surface area contributed by atoms with Crippen molar-refractivity contribution >= 4 is 11.8 Å². The molecule has 0 aromatic heterocycles. The molecule has 1 fully saturated rings. The third kappa shape index (κ3) is 2.40. The van der Waals surface area contributed by atoms with Crippen LogP contribution < -0.4 is 11.1 Å². The highest BCUT2D eigenvalue weighted by atomic mass is 19.1. The van der Waals surface area contributed by atoms with E-state index in [0.717, 1.165) is 11.1 Å². The average molecular weight is 291 g/mol. The van der Waals surface area contributed by atoms with E-state index in [1.807, 2.05) is 24.3 Å². The number of alkyl halides is 1. The van der Waals surface area contributed by atoms with E-state index in [0.29, 0.717) is 13.0 Å². The summed E-state index contributed by atoms with van der Waals surface area (Å²) in [7, 11) is 0. The van der Waals surface area contributed by atoms with Gasteiger partial charge in [-0.05, 0) is 17.7 Å². The van der Waals surface area contributed by atoms with Gasteiger partial charge in [-0.3, -0.25) is 9.59 Å². The fourth-order valence-electron chi connectivity index (χ4n) is 3.09. The number of carbonyl (C=O) groups is 2. The molecule has 1 aromatic carbocycles. The Hall–Kier alpha value is -1.95. The summed E-state index contributed by atoms with van der Waals surface area (Å²) in [6.45, 7) is 0.692. The number of hydrogen-bond acceptors (Lipinski definition) is 3. The van der Waals surface area contributed by atoms with Gasteiger partial charge in [0.05, 0.1) is 0 Å². The minimum Gasteiger partial charge on any atom is -0.368 e. The second kappa shape index (κ2) is 5.11. The van der Waals surface area contributed by atoms with Crippen molar-refractivity contribution in [1.29, 1.82) is 0 Å². The number of benzene rings is 1. The van der Waals surface area contributed by atoms with Crippen LogP contribution in [-0.2, 0) is 22.6 Å². The molecule has 0 aliphatic carbocycles. The second-order valence-corrected chi connectivity index (χ2v) is 5.72. The molecule has 5 nitrogen and oxygen atoms in total. The van der Waals surface area contributed by atoms with Gasteiger partial charge in [-0.2, -0.15) is 0 Å². The van der Waals surface area contributed by atoms with E-state index in [4.69, 9.17) is 5.73 Å². The zero-order chi connectivity index (χ0) is 15.0. The Labute approximate surface area is 122 Å². The lowest BCUT2D eigenvalue weighted by atomic mass is 9.91. The molecule has 0 bridgehead atoms. The molecule has 0 spiro atoms. The Bertz CT molecular complexity index is 584. The van der Waals surface area contributed by atoms with Crippen molar-refractivity contribution in [2.24, 2.45) is 5.73 Å². The zero-order valence-electron chi connectivity index (χ0n) is 11.6. The number of halogens is 1. The van der Waals surface area contributed by atoms with Gasteiger partial charge in [-0.15, -0.1) is 0 Å². The summed E-state index contributed by atoms with van der Waals surface area (Å²) in [6, 6.07) is 6.78. The SMILES string of the molecule is NC(=O)[C@H]1Cc2ccccc2CN1C(=O)[C@@]1(F)CCNC1. The molecule has 1 saturated heterocycles. The molecule has 0 saturated carbocycles. The van der Waals surface area contributed by atoms with Gasteiger partial charge in [0.1, 0.15) is 6.04 Å². The van der Waals surface area contributed by atoms with Crippen molar-refractivity contribution in [3.63, 3.8) is 0 Å². The number of fused-ring (bicyclic) bond motifs is 1. The number of nitrogens with two attached hydrogens (primary N) is 1. The van der Waals surface area contributed by atoms with Crippen LogP contribution in [0.4, 0.5) is 4.39 Å². The number of hydrogen-bond donors (Lipinski definition) is 2. The van der Waals surface area contributed by atoms with Gasteiger partial charge < -0.3 is 16.0 Å². The lowest BCUT2D eigenvalue weighted by Gasteiger charge is -2.37. The summed E-state index contributed by atoms with van der Waals surface area (Å²) >= 11 is 0. The van der Waals surface area contributed by atoms with Crippen LogP contribution >= 0.6 is 0 Å². The van der Waals surface area contributed by atoms with Crippen LogP contribution in [0.5, 0.6) is 0 Å². The smallest absolute Gasteiger partial charge is 0.262 e. The molecule has 3 rings (SSSR count). The van der Waals surface area contributed by atoms with E-state index in [2.05, 4.69) is 5.32 Å². The minimum absolute atomic E-state index is 0.00450. The molecule has 0 radical (unpaired) electrons. The predicted octanol–water partition coefficient (Wildman–Crippen LogP) is 0.127. The largest absolute Gasteiger partial charge is 0.368 e. The Morgan fingerprint density at radius 1 is 1.33 bits per heavy atom. The van der Waals surface area contributed by atoms with E-state index in [9.17, 15) is 14.0 Å². The summed E-state index contributed by atoms with van der Waals surface area (Å²) in [5.74, 6) is -1.22. The van der Waals surface area contributed by atoms with Crippen molar-refractivity contribution in [2.75, 3.05) is 13.1 Å². The second-order valence-electron chi connectivity index (χ2n) is 5.72. The summed E-state index contributed by atoms with van der Waals surface area (Å²) in [6.07, 6.45) is 0.482. The molecule has 2 atom stereocenters. The van der Waals surface area contributed by atoms with Gasteiger partial charge in [-0.1, -0.05) is 24.3 Å². The standard InChI is InChI=1S/C15H18FN3O2/c16-15(5-6-18-9-15)14(21)19-8-11-4-2-1-3-10(11)7-12(19)13(17)20/h1-4,12,18H,5-9H2,(H2,17,20)/t12-,15-/m1/s1. The van der Waals surface area contributed by atoms with E-state index in [1.54, 1.807) is 0 Å². The normalized spacial score (nSPS) is 28.2. The quantitative estimate of drug-likeness (QED) is 0.813. The van der Waals surface area contributed by atoms with Gasteiger partial charge in [0.25, 0.3) is 5.91 Å². The fraction of sp³-hybridized carbons (Fsp3) is 0.467. The lowest BCUT2D eigenvalue weighted by Crippen LogP contribution is -2.57. The van der Waals surface area contributed by atoms with Crippen LogP contribution in [0.1, 0.15) is 17.5 Å². The highest BCUT2D eigenvalue weighted by molar-refractivity contribution is 5.92. The highest BCUT2D eigenvalue weighted by Gasteiger charge is 2.47. The van der Waals surface area contributed by atoms with Crippen LogP contribution in [0.25, 0.3) is 0 Å². The number of primary amides is 1. The summed E-state index contributed by atoms with van der Waals surface area (Å²) in [5.41, 5.74) is 5.42. The maximum Gasteiger partial charge on any atom is 0.262 e. The van der Waals surface area contributed by atoms with Crippen molar-refractivity contribution in [2.45, 2.75) is 31.1 Å². The van der Waals surface area contributed by atoms with Crippen molar-refractivity contribution in [3.05, 3.63) is 35.4 Å². The topological polar surface area (TPSA) is 75.4 Å². The van der Waals surface area contributed by atoms with Crippen LogP contribution in [0.3, 0.4) is 0 Å². The molecule has 2 heterocycles. The molecule has 2 amide bonds. The first-order valence-electron chi connectivity index (χ1n) is 7.08. The van der Waals surface area contributed by atoms with Gasteiger partial charge in [0.2, 0.25) is 11.6 Å². The Kier molecular flexibility index (Phi) is 3.41. The first-order valence-corrected chi connectivity index (χ1v) is 7.08. The van der Waals surface area contributed by atoms with Crippen molar-refractivity contribution < 1.29 is 14.0 Å². The molecular weight excluding hydrogens is 273 g/mol. The van der Waals surface area contributed by atoms with E-state index < -0.39 is 23.5 Å². The van der Waals surface area contributed by atoms with Crippen molar-refractivity contribution in [3.8, 4) is 0 Å². The van der Waals surface area contributed by atoms with Gasteiger partial charge in [-0.25, -0.2) is 4.39 Å². The molecule has 0 unspecified atom stereocenters. The van der Waals surface area contributed by atoms with E-state index >= 15 is 0 Å². The predicted molar refractivity (Wildman–Crippen MR) is 75.0 cm³/mol. The van der Waals surface area contributed by atoms with Crippen molar-refractivity contribution in [1.82, 2.24) is 10.2 Å². The third-order valence-corrected chi connectivity index (χ3v) is 4.32. The van der Waals surface area contributed by atoms with E-state index in [-0.39, 0.29) is 19.5 Å².